The van der Waals surface area contributed by atoms with Crippen LogP contribution in [0.4, 0.5) is 4.79 Å². The first-order chi connectivity index (χ1) is 25.4. The van der Waals surface area contributed by atoms with Crippen LogP contribution in [-0.4, -0.2) is 92.6 Å². The lowest BCUT2D eigenvalue weighted by Crippen LogP contribution is -2.67. The number of nitrogens with one attached hydrogen (secondary N) is 2. The van der Waals surface area contributed by atoms with Crippen molar-refractivity contribution in [3.63, 3.8) is 0 Å². The lowest BCUT2D eigenvalue weighted by Gasteiger charge is -2.40. The number of hydrogen-bond acceptors (Lipinski definition) is 10. The monoisotopic (exact) mass is 743 g/mol. The van der Waals surface area contributed by atoms with Gasteiger partial charge < -0.3 is 29.4 Å². The van der Waals surface area contributed by atoms with Gasteiger partial charge in [0.25, 0.3) is 5.91 Å². The molecule has 53 heavy (non-hydrogen) atoms. The Morgan fingerprint density at radius 1 is 1.19 bits per heavy atom. The van der Waals surface area contributed by atoms with E-state index in [0.717, 1.165) is 57.5 Å². The van der Waals surface area contributed by atoms with Gasteiger partial charge >= 0.3 is 12.0 Å². The topological polar surface area (TPSA) is 151 Å². The van der Waals surface area contributed by atoms with Crippen molar-refractivity contribution in [1.29, 1.82) is 0 Å². The lowest BCUT2D eigenvalue weighted by atomic mass is 9.84. The number of thiazole rings is 1. The predicted octanol–water partition coefficient (Wildman–Crippen LogP) is 5.21. The summed E-state index contributed by atoms with van der Waals surface area (Å²) in [6.45, 7) is 10.4. The van der Waals surface area contributed by atoms with E-state index in [4.69, 9.17) is 19.4 Å². The van der Waals surface area contributed by atoms with Crippen molar-refractivity contribution in [2.24, 2.45) is 5.41 Å². The van der Waals surface area contributed by atoms with Crippen molar-refractivity contribution in [3.8, 4) is 22.5 Å². The number of hydrogen-bond donors (Lipinski definition) is 3. The summed E-state index contributed by atoms with van der Waals surface area (Å²) in [4.78, 5) is 52.6. The molecule has 7 rings (SSSR count). The summed E-state index contributed by atoms with van der Waals surface area (Å²) in [7, 11) is 1.68. The molecule has 0 saturated carbocycles. The van der Waals surface area contributed by atoms with Gasteiger partial charge in [0.2, 0.25) is 5.72 Å². The van der Waals surface area contributed by atoms with Crippen molar-refractivity contribution < 1.29 is 29.0 Å². The first-order valence-corrected chi connectivity index (χ1v) is 19.4. The van der Waals surface area contributed by atoms with Crippen LogP contribution in [0.2, 0.25) is 0 Å². The minimum atomic E-state index is -2.12. The van der Waals surface area contributed by atoms with E-state index in [1.807, 2.05) is 32.2 Å². The standard InChI is InChI=1S/C39H49N7O6S/c1-6-45-31-13-12-25-19-27(31)28(34(45)26-11-9-15-40-33(26)24(2)51-5)21-38(3,4)23-52-36(48)39(50)14-10-18-46(43-39)35(47)29(20-32-41-30(25)22-53-32)42-37(49)44-16-7-8-17-44/h9,11-13,15,19,22,24,29,43,50H,6-8,10,14,16-18,20-21,23H2,1-5H3,(H,42,49)/t24-,29-,39-/m0/s1. The number of carbonyl (C=O) groups is 3. The second-order valence-corrected chi connectivity index (χ2v) is 16.1. The molecule has 0 spiro atoms. The Labute approximate surface area is 313 Å². The highest BCUT2D eigenvalue weighted by molar-refractivity contribution is 7.10. The molecule has 3 aliphatic heterocycles. The molecule has 3 amide bonds. The number of urea groups is 1. The summed E-state index contributed by atoms with van der Waals surface area (Å²) in [6.07, 6.45) is 4.45. The van der Waals surface area contributed by atoms with E-state index in [1.165, 1.54) is 16.3 Å². The van der Waals surface area contributed by atoms with E-state index < -0.39 is 29.1 Å². The Hall–Kier alpha value is -4.37. The number of carbonyl (C=O) groups excluding carboxylic acids is 3. The molecule has 13 nitrogen and oxygen atoms in total. The van der Waals surface area contributed by atoms with Crippen molar-refractivity contribution in [2.75, 3.05) is 33.4 Å². The number of hydrazine groups is 1. The Kier molecular flexibility index (Phi) is 10.3. The van der Waals surface area contributed by atoms with Crippen molar-refractivity contribution in [3.05, 3.63) is 58.2 Å². The SMILES string of the molecule is CCn1c(-c2cccnc2[C@H](C)OC)c2c3cc(ccc31)-c1csc(n1)C[C@H](NC(=O)N1CCCC1)C(=O)N1CCC[C@@](O)(N1)C(=O)OCC(C)(C)C2. The second-order valence-electron chi connectivity index (χ2n) is 15.1. The van der Waals surface area contributed by atoms with Crippen LogP contribution in [0.15, 0.2) is 41.9 Å². The number of cyclic esters (lactones) is 1. The fraction of sp³-hybridized carbons (Fsp3) is 0.513. The molecule has 3 N–H and O–H groups in total. The fourth-order valence-electron chi connectivity index (χ4n) is 7.76. The predicted molar refractivity (Wildman–Crippen MR) is 202 cm³/mol. The Morgan fingerprint density at radius 2 is 1.98 bits per heavy atom. The number of methoxy groups -OCH3 is 1. The summed E-state index contributed by atoms with van der Waals surface area (Å²) < 4.78 is 14.0. The van der Waals surface area contributed by atoms with Gasteiger partial charge in [-0.1, -0.05) is 19.9 Å². The van der Waals surface area contributed by atoms with Gasteiger partial charge in [0, 0.05) is 85.2 Å². The van der Waals surface area contributed by atoms with Crippen LogP contribution >= 0.6 is 11.3 Å². The fourth-order valence-corrected chi connectivity index (χ4v) is 8.61. The van der Waals surface area contributed by atoms with Gasteiger partial charge in [-0.15, -0.1) is 11.3 Å². The number of fused-ring (bicyclic) bond motifs is 6. The zero-order valence-corrected chi connectivity index (χ0v) is 31.9. The number of likely N-dealkylation sites (tertiary alicyclic amines) is 1. The normalized spacial score (nSPS) is 22.8. The third-order valence-electron chi connectivity index (χ3n) is 10.6. The number of pyridine rings is 1. The van der Waals surface area contributed by atoms with E-state index >= 15 is 0 Å². The maximum Gasteiger partial charge on any atom is 0.355 e. The largest absolute Gasteiger partial charge is 0.462 e. The first kappa shape index (κ1) is 37.0. The summed E-state index contributed by atoms with van der Waals surface area (Å²) in [5.74, 6) is -1.31. The third-order valence-corrected chi connectivity index (χ3v) is 11.5. The van der Waals surface area contributed by atoms with Crippen LogP contribution in [0.25, 0.3) is 33.4 Å². The molecule has 2 fully saturated rings. The number of rotatable bonds is 5. The van der Waals surface area contributed by atoms with Crippen molar-refractivity contribution >= 4 is 40.1 Å². The molecule has 6 bridgehead atoms. The Balaban J connectivity index is 1.36. The molecular formula is C39H49N7O6S. The van der Waals surface area contributed by atoms with Crippen LogP contribution in [0.3, 0.4) is 0 Å². The van der Waals surface area contributed by atoms with Crippen LogP contribution in [-0.2, 0) is 38.4 Å². The summed E-state index contributed by atoms with van der Waals surface area (Å²) >= 11 is 1.43. The van der Waals surface area contributed by atoms with Crippen LogP contribution in [0.1, 0.15) is 75.7 Å². The van der Waals surface area contributed by atoms with E-state index in [1.54, 1.807) is 18.2 Å². The Bertz CT molecular complexity index is 2020. The number of esters is 1. The number of aryl methyl sites for hydroxylation is 1. The molecule has 3 aromatic heterocycles. The highest BCUT2D eigenvalue weighted by Gasteiger charge is 2.45. The summed E-state index contributed by atoms with van der Waals surface area (Å²) in [6, 6.07) is 9.08. The molecule has 0 radical (unpaired) electrons. The lowest BCUT2D eigenvalue weighted by molar-refractivity contribution is -0.189. The second kappa shape index (κ2) is 14.8. The highest BCUT2D eigenvalue weighted by atomic mass is 32.1. The molecule has 0 aliphatic carbocycles. The molecule has 1 aromatic carbocycles. The van der Waals surface area contributed by atoms with Gasteiger partial charge in [-0.25, -0.2) is 14.6 Å². The van der Waals surface area contributed by atoms with Gasteiger partial charge in [-0.05, 0) is 69.4 Å². The maximum atomic E-state index is 14.1. The molecule has 3 atom stereocenters. The number of ether oxygens (including phenoxy) is 2. The van der Waals surface area contributed by atoms with E-state index in [-0.39, 0.29) is 38.1 Å². The van der Waals surface area contributed by atoms with Crippen LogP contribution < -0.4 is 10.7 Å². The molecule has 3 aliphatic rings. The van der Waals surface area contributed by atoms with Gasteiger partial charge in [-0.3, -0.25) is 14.8 Å². The van der Waals surface area contributed by atoms with Crippen LogP contribution in [0, 0.1) is 5.41 Å². The zero-order valence-electron chi connectivity index (χ0n) is 31.1. The average molecular weight is 744 g/mol. The van der Waals surface area contributed by atoms with Gasteiger partial charge in [0.05, 0.1) is 34.8 Å². The van der Waals surface area contributed by atoms with E-state index in [2.05, 4.69) is 46.5 Å². The Morgan fingerprint density at radius 3 is 2.74 bits per heavy atom. The van der Waals surface area contributed by atoms with Crippen LogP contribution in [0.5, 0.6) is 0 Å². The highest BCUT2D eigenvalue weighted by Crippen LogP contribution is 2.42. The summed E-state index contributed by atoms with van der Waals surface area (Å²) in [5, 5.41) is 19.5. The minimum absolute atomic E-state index is 0.0139. The van der Waals surface area contributed by atoms with Gasteiger partial charge in [0.15, 0.2) is 0 Å². The molecule has 2 saturated heterocycles. The van der Waals surface area contributed by atoms with Gasteiger partial charge in [0.1, 0.15) is 6.04 Å². The third kappa shape index (κ3) is 7.29. The van der Waals surface area contributed by atoms with E-state index in [9.17, 15) is 19.5 Å². The molecule has 4 aromatic rings. The number of amides is 3. The number of aromatic nitrogens is 3. The summed E-state index contributed by atoms with van der Waals surface area (Å²) in [5.41, 5.74) is 6.73. The quantitative estimate of drug-likeness (QED) is 0.234. The van der Waals surface area contributed by atoms with E-state index in [0.29, 0.717) is 37.5 Å². The number of benzene rings is 1. The van der Waals surface area contributed by atoms with Crippen molar-refractivity contribution in [2.45, 2.75) is 90.6 Å². The molecule has 6 heterocycles. The smallest absolute Gasteiger partial charge is 0.355 e. The average Bonchev–Trinajstić information content (AvgIpc) is 3.93. The molecular weight excluding hydrogens is 695 g/mol. The number of nitrogens with zero attached hydrogens (tertiary/aromatic N) is 5. The maximum absolute atomic E-state index is 14.1. The minimum Gasteiger partial charge on any atom is -0.462 e. The van der Waals surface area contributed by atoms with Gasteiger partial charge in [-0.2, -0.15) is 5.43 Å². The zero-order chi connectivity index (χ0) is 37.5. The molecule has 0 unspecified atom stereocenters. The number of aliphatic hydroxyl groups is 1. The molecule has 282 valence electrons. The first-order valence-electron chi connectivity index (χ1n) is 18.5. The molecule has 14 heteroatoms. The van der Waals surface area contributed by atoms with Crippen molar-refractivity contribution in [1.82, 2.24) is 35.2 Å².